The molecule has 0 aliphatic heterocycles. The first-order valence-corrected chi connectivity index (χ1v) is 5.65. The summed E-state index contributed by atoms with van der Waals surface area (Å²) in [4.78, 5) is 0. The fourth-order valence-electron chi connectivity index (χ4n) is 2.02. The maximum atomic E-state index is 5.99. The highest BCUT2D eigenvalue weighted by Crippen LogP contribution is 2.27. The Morgan fingerprint density at radius 2 is 1.73 bits per heavy atom. The predicted molar refractivity (Wildman–Crippen MR) is 67.8 cm³/mol. The van der Waals surface area contributed by atoms with E-state index in [1.807, 2.05) is 12.1 Å². The number of halogens is 1. The van der Waals surface area contributed by atoms with Crippen molar-refractivity contribution in [2.24, 2.45) is 0 Å². The van der Waals surface area contributed by atoms with Gasteiger partial charge in [-0.15, -0.1) is 0 Å². The summed E-state index contributed by atoms with van der Waals surface area (Å²) in [6.07, 6.45) is 0. The number of fused-ring (bicyclic) bond motifs is 1. The summed E-state index contributed by atoms with van der Waals surface area (Å²) in [6, 6.07) is 10.5. The van der Waals surface area contributed by atoms with Crippen molar-refractivity contribution in [3.05, 3.63) is 46.5 Å². The highest BCUT2D eigenvalue weighted by molar-refractivity contribution is 6.31. The molecule has 0 bridgehead atoms. The lowest BCUT2D eigenvalue weighted by Gasteiger charge is -2.11. The largest absolute Gasteiger partial charge is 0.0843 e. The van der Waals surface area contributed by atoms with Gasteiger partial charge in [-0.1, -0.05) is 43.6 Å². The van der Waals surface area contributed by atoms with Crippen LogP contribution in [-0.2, 0) is 0 Å². The molecule has 2 aromatic carbocycles. The van der Waals surface area contributed by atoms with Gasteiger partial charge in [0.25, 0.3) is 0 Å². The number of aryl methyl sites for hydroxylation is 1. The van der Waals surface area contributed by atoms with Crippen molar-refractivity contribution >= 4 is 22.4 Å². The molecule has 0 fully saturated rings. The van der Waals surface area contributed by atoms with Crippen molar-refractivity contribution in [2.45, 2.75) is 26.7 Å². The molecule has 2 rings (SSSR count). The molecule has 0 saturated carbocycles. The molecule has 0 aliphatic carbocycles. The summed E-state index contributed by atoms with van der Waals surface area (Å²) in [5, 5.41) is 3.30. The average molecular weight is 219 g/mol. The molecule has 0 nitrogen and oxygen atoms in total. The Balaban J connectivity index is 2.72. The van der Waals surface area contributed by atoms with Crippen LogP contribution >= 0.6 is 11.6 Å². The van der Waals surface area contributed by atoms with Crippen LogP contribution in [0.3, 0.4) is 0 Å². The number of benzene rings is 2. The Kier molecular flexibility index (Phi) is 2.70. The molecule has 0 amide bonds. The van der Waals surface area contributed by atoms with Crippen molar-refractivity contribution < 1.29 is 0 Å². The van der Waals surface area contributed by atoms with Gasteiger partial charge in [0, 0.05) is 5.02 Å². The second-order valence-electron chi connectivity index (χ2n) is 4.35. The minimum Gasteiger partial charge on any atom is -0.0843 e. The lowest BCUT2D eigenvalue weighted by Crippen LogP contribution is -1.91. The Bertz CT molecular complexity index is 498. The van der Waals surface area contributed by atoms with Crippen molar-refractivity contribution in [1.82, 2.24) is 0 Å². The van der Waals surface area contributed by atoms with Crippen molar-refractivity contribution in [3.63, 3.8) is 0 Å². The standard InChI is InChI=1S/C14H15Cl/c1-9(2)14-8-12-7-13(15)5-4-11(12)6-10(14)3/h4-9H,1-3H3. The Morgan fingerprint density at radius 3 is 2.40 bits per heavy atom. The zero-order chi connectivity index (χ0) is 11.0. The van der Waals surface area contributed by atoms with Crippen LogP contribution in [0.2, 0.25) is 5.02 Å². The van der Waals surface area contributed by atoms with Crippen molar-refractivity contribution in [2.75, 3.05) is 0 Å². The van der Waals surface area contributed by atoms with E-state index in [1.54, 1.807) is 0 Å². The maximum absolute atomic E-state index is 5.99. The Labute approximate surface area is 95.9 Å². The van der Waals surface area contributed by atoms with Gasteiger partial charge in [-0.25, -0.2) is 0 Å². The van der Waals surface area contributed by atoms with Crippen LogP contribution < -0.4 is 0 Å². The summed E-state index contributed by atoms with van der Waals surface area (Å²) >= 11 is 5.99. The molecule has 0 unspecified atom stereocenters. The molecule has 0 heterocycles. The number of rotatable bonds is 1. The fraction of sp³-hybridized carbons (Fsp3) is 0.286. The van der Waals surface area contributed by atoms with Crippen LogP contribution in [0.4, 0.5) is 0 Å². The lowest BCUT2D eigenvalue weighted by molar-refractivity contribution is 0.859. The van der Waals surface area contributed by atoms with E-state index in [2.05, 4.69) is 39.0 Å². The molecule has 0 atom stereocenters. The third-order valence-corrected chi connectivity index (χ3v) is 3.04. The van der Waals surface area contributed by atoms with Crippen LogP contribution in [0.1, 0.15) is 30.9 Å². The van der Waals surface area contributed by atoms with E-state index < -0.39 is 0 Å². The summed E-state index contributed by atoms with van der Waals surface area (Å²) in [7, 11) is 0. The molecule has 0 radical (unpaired) electrons. The lowest BCUT2D eigenvalue weighted by atomic mass is 9.94. The van der Waals surface area contributed by atoms with Gasteiger partial charge < -0.3 is 0 Å². The molecule has 78 valence electrons. The normalized spacial score (nSPS) is 11.3. The molecule has 1 heteroatoms. The molecular formula is C14H15Cl. The molecule has 0 saturated heterocycles. The highest BCUT2D eigenvalue weighted by Gasteiger charge is 2.05. The van der Waals surface area contributed by atoms with Crippen molar-refractivity contribution in [3.8, 4) is 0 Å². The van der Waals surface area contributed by atoms with E-state index in [1.165, 1.54) is 21.9 Å². The van der Waals surface area contributed by atoms with Gasteiger partial charge in [-0.2, -0.15) is 0 Å². The Hall–Kier alpha value is -1.01. The molecule has 0 N–H and O–H groups in total. The van der Waals surface area contributed by atoms with Crippen LogP contribution in [0.5, 0.6) is 0 Å². The minimum absolute atomic E-state index is 0.563. The number of hydrogen-bond acceptors (Lipinski definition) is 0. The quantitative estimate of drug-likeness (QED) is 0.637. The van der Waals surface area contributed by atoms with Gasteiger partial charge in [0.15, 0.2) is 0 Å². The zero-order valence-corrected chi connectivity index (χ0v) is 10.1. The van der Waals surface area contributed by atoms with Crippen LogP contribution in [0, 0.1) is 6.92 Å². The summed E-state index contributed by atoms with van der Waals surface area (Å²) in [5.41, 5.74) is 2.77. The van der Waals surface area contributed by atoms with Gasteiger partial charge in [0.05, 0.1) is 0 Å². The van der Waals surface area contributed by atoms with Crippen LogP contribution in [-0.4, -0.2) is 0 Å². The molecule has 15 heavy (non-hydrogen) atoms. The van der Waals surface area contributed by atoms with Crippen LogP contribution in [0.25, 0.3) is 10.8 Å². The van der Waals surface area contributed by atoms with E-state index in [4.69, 9.17) is 11.6 Å². The van der Waals surface area contributed by atoms with E-state index in [0.29, 0.717) is 5.92 Å². The second kappa shape index (κ2) is 3.86. The monoisotopic (exact) mass is 218 g/mol. The third-order valence-electron chi connectivity index (χ3n) is 2.81. The smallest absolute Gasteiger partial charge is 0.0412 e. The first-order valence-electron chi connectivity index (χ1n) is 5.28. The maximum Gasteiger partial charge on any atom is 0.0412 e. The van der Waals surface area contributed by atoms with Gasteiger partial charge in [-0.3, -0.25) is 0 Å². The first kappa shape index (κ1) is 10.5. The first-order chi connectivity index (χ1) is 7.08. The van der Waals surface area contributed by atoms with Crippen molar-refractivity contribution in [1.29, 1.82) is 0 Å². The minimum atomic E-state index is 0.563. The molecule has 0 aliphatic rings. The van der Waals surface area contributed by atoms with E-state index in [-0.39, 0.29) is 0 Å². The zero-order valence-electron chi connectivity index (χ0n) is 9.34. The van der Waals surface area contributed by atoms with Gasteiger partial charge in [0.2, 0.25) is 0 Å². The topological polar surface area (TPSA) is 0 Å². The molecule has 0 spiro atoms. The van der Waals surface area contributed by atoms with Gasteiger partial charge >= 0.3 is 0 Å². The van der Waals surface area contributed by atoms with Gasteiger partial charge in [0.1, 0.15) is 0 Å². The molecule has 0 aromatic heterocycles. The fourth-order valence-corrected chi connectivity index (χ4v) is 2.20. The third kappa shape index (κ3) is 2.00. The van der Waals surface area contributed by atoms with Crippen LogP contribution in [0.15, 0.2) is 30.3 Å². The summed E-state index contributed by atoms with van der Waals surface area (Å²) < 4.78 is 0. The number of hydrogen-bond donors (Lipinski definition) is 0. The predicted octanol–water partition coefficient (Wildman–Crippen LogP) is 4.93. The van der Waals surface area contributed by atoms with E-state index in [9.17, 15) is 0 Å². The SMILES string of the molecule is Cc1cc2ccc(Cl)cc2cc1C(C)C. The summed E-state index contributed by atoms with van der Waals surface area (Å²) in [5.74, 6) is 0.563. The highest BCUT2D eigenvalue weighted by atomic mass is 35.5. The average Bonchev–Trinajstić information content (AvgIpc) is 2.17. The van der Waals surface area contributed by atoms with Gasteiger partial charge in [-0.05, 0) is 46.9 Å². The van der Waals surface area contributed by atoms with E-state index >= 15 is 0 Å². The second-order valence-corrected chi connectivity index (χ2v) is 4.79. The summed E-state index contributed by atoms with van der Waals surface area (Å²) in [6.45, 7) is 6.61. The van der Waals surface area contributed by atoms with E-state index in [0.717, 1.165) is 5.02 Å². The Morgan fingerprint density at radius 1 is 1.00 bits per heavy atom. The molecular weight excluding hydrogens is 204 g/mol. The molecule has 2 aromatic rings.